The lowest BCUT2D eigenvalue weighted by atomic mass is 9.98. The van der Waals surface area contributed by atoms with Crippen molar-refractivity contribution in [1.29, 1.82) is 0 Å². The molecule has 0 radical (unpaired) electrons. The molecule has 3 heteroatoms. The van der Waals surface area contributed by atoms with Crippen molar-refractivity contribution in [1.82, 2.24) is 4.90 Å². The zero-order valence-corrected chi connectivity index (χ0v) is 10.0. The molecular formula is C12H24N2O. The first-order valence-corrected chi connectivity index (χ1v) is 6.26. The Morgan fingerprint density at radius 3 is 2.80 bits per heavy atom. The normalized spacial score (nSPS) is 23.9. The van der Waals surface area contributed by atoms with Crippen molar-refractivity contribution in [2.75, 3.05) is 6.54 Å². The number of amides is 1. The summed E-state index contributed by atoms with van der Waals surface area (Å²) in [4.78, 5) is 14.1. The molecule has 2 N–H and O–H groups in total. The second-order valence-corrected chi connectivity index (χ2v) is 4.48. The van der Waals surface area contributed by atoms with Crippen LogP contribution in [-0.2, 0) is 4.79 Å². The van der Waals surface area contributed by atoms with Crippen molar-refractivity contribution >= 4 is 5.91 Å². The van der Waals surface area contributed by atoms with Crippen LogP contribution >= 0.6 is 0 Å². The lowest BCUT2D eigenvalue weighted by Crippen LogP contribution is -2.50. The molecule has 1 fully saturated rings. The molecule has 0 saturated carbocycles. The van der Waals surface area contributed by atoms with E-state index >= 15 is 0 Å². The van der Waals surface area contributed by atoms with Gasteiger partial charge in [-0.1, -0.05) is 20.3 Å². The molecule has 0 spiro atoms. The van der Waals surface area contributed by atoms with E-state index < -0.39 is 0 Å². The quantitative estimate of drug-likeness (QED) is 0.773. The number of nitrogens with two attached hydrogens (primary N) is 1. The van der Waals surface area contributed by atoms with Crippen LogP contribution in [-0.4, -0.2) is 29.4 Å². The van der Waals surface area contributed by atoms with Gasteiger partial charge < -0.3 is 10.6 Å². The Kier molecular flexibility index (Phi) is 5.09. The summed E-state index contributed by atoms with van der Waals surface area (Å²) >= 11 is 0. The molecule has 1 unspecified atom stereocenters. The molecule has 15 heavy (non-hydrogen) atoms. The summed E-state index contributed by atoms with van der Waals surface area (Å²) in [5.74, 6) is 0.170. The summed E-state index contributed by atoms with van der Waals surface area (Å²) in [6.07, 6.45) is 6.40. The van der Waals surface area contributed by atoms with Crippen LogP contribution in [0.2, 0.25) is 0 Å². The van der Waals surface area contributed by atoms with Crippen molar-refractivity contribution in [2.45, 2.75) is 64.5 Å². The van der Waals surface area contributed by atoms with Crippen LogP contribution in [0.25, 0.3) is 0 Å². The van der Waals surface area contributed by atoms with Gasteiger partial charge in [-0.2, -0.15) is 0 Å². The van der Waals surface area contributed by atoms with Crippen molar-refractivity contribution in [3.8, 4) is 0 Å². The van der Waals surface area contributed by atoms with Gasteiger partial charge in [-0.3, -0.25) is 4.79 Å². The monoisotopic (exact) mass is 212 g/mol. The second-order valence-electron chi connectivity index (χ2n) is 4.48. The molecule has 1 rings (SSSR count). The van der Waals surface area contributed by atoms with Crippen LogP contribution < -0.4 is 5.73 Å². The lowest BCUT2D eigenvalue weighted by Gasteiger charge is -2.36. The highest BCUT2D eigenvalue weighted by Gasteiger charge is 2.28. The summed E-state index contributed by atoms with van der Waals surface area (Å²) in [6.45, 7) is 5.14. The minimum absolute atomic E-state index is 0.170. The van der Waals surface area contributed by atoms with Crippen molar-refractivity contribution in [3.05, 3.63) is 0 Å². The second kappa shape index (κ2) is 6.11. The average Bonchev–Trinajstić information content (AvgIpc) is 2.28. The van der Waals surface area contributed by atoms with Gasteiger partial charge in [0.2, 0.25) is 5.91 Å². The minimum atomic E-state index is -0.276. The summed E-state index contributed by atoms with van der Waals surface area (Å²) in [5.41, 5.74) is 5.88. The third kappa shape index (κ3) is 3.20. The van der Waals surface area contributed by atoms with Crippen LogP contribution in [0.1, 0.15) is 52.4 Å². The molecule has 1 amide bonds. The zero-order chi connectivity index (χ0) is 11.3. The van der Waals surface area contributed by atoms with Crippen LogP contribution in [0, 0.1) is 0 Å². The molecule has 3 nitrogen and oxygen atoms in total. The third-order valence-corrected chi connectivity index (χ3v) is 3.30. The van der Waals surface area contributed by atoms with Crippen molar-refractivity contribution in [2.24, 2.45) is 5.73 Å². The van der Waals surface area contributed by atoms with Gasteiger partial charge in [-0.25, -0.2) is 0 Å². The van der Waals surface area contributed by atoms with Gasteiger partial charge >= 0.3 is 0 Å². The van der Waals surface area contributed by atoms with Gasteiger partial charge in [0.1, 0.15) is 0 Å². The third-order valence-electron chi connectivity index (χ3n) is 3.30. The molecule has 0 aromatic carbocycles. The van der Waals surface area contributed by atoms with Crippen LogP contribution in [0.5, 0.6) is 0 Å². The molecule has 0 bridgehead atoms. The Morgan fingerprint density at radius 1 is 1.47 bits per heavy atom. The number of hydrogen-bond donors (Lipinski definition) is 1. The highest BCUT2D eigenvalue weighted by Crippen LogP contribution is 2.20. The first kappa shape index (κ1) is 12.5. The van der Waals surface area contributed by atoms with Crippen LogP contribution in [0.3, 0.4) is 0 Å². The van der Waals surface area contributed by atoms with Gasteiger partial charge in [0.25, 0.3) is 0 Å². The van der Waals surface area contributed by atoms with E-state index in [-0.39, 0.29) is 11.9 Å². The molecule has 0 aliphatic carbocycles. The number of likely N-dealkylation sites (tertiary alicyclic amines) is 1. The molecule has 1 saturated heterocycles. The summed E-state index contributed by atoms with van der Waals surface area (Å²) in [5, 5.41) is 0. The van der Waals surface area contributed by atoms with Gasteiger partial charge in [-0.15, -0.1) is 0 Å². The zero-order valence-electron chi connectivity index (χ0n) is 10.0. The van der Waals surface area contributed by atoms with E-state index in [4.69, 9.17) is 5.73 Å². The molecule has 1 aliphatic rings. The summed E-state index contributed by atoms with van der Waals surface area (Å²) in [7, 11) is 0. The smallest absolute Gasteiger partial charge is 0.239 e. The van der Waals surface area contributed by atoms with E-state index in [1.807, 2.05) is 4.90 Å². The highest BCUT2D eigenvalue weighted by atomic mass is 16.2. The Balaban J connectivity index is 2.55. The Morgan fingerprint density at radius 2 is 2.20 bits per heavy atom. The van der Waals surface area contributed by atoms with E-state index in [0.717, 1.165) is 38.6 Å². The predicted molar refractivity (Wildman–Crippen MR) is 62.5 cm³/mol. The minimum Gasteiger partial charge on any atom is -0.338 e. The summed E-state index contributed by atoms with van der Waals surface area (Å²) in [6, 6.07) is 0.163. The van der Waals surface area contributed by atoms with Crippen molar-refractivity contribution < 1.29 is 4.79 Å². The van der Waals surface area contributed by atoms with E-state index in [2.05, 4.69) is 13.8 Å². The molecule has 88 valence electrons. The molecule has 0 aromatic rings. The number of hydrogen-bond acceptors (Lipinski definition) is 2. The Labute approximate surface area is 93.0 Å². The maximum absolute atomic E-state index is 12.1. The first-order chi connectivity index (χ1) is 7.20. The fourth-order valence-electron chi connectivity index (χ4n) is 2.36. The number of piperidine rings is 1. The van der Waals surface area contributed by atoms with Crippen molar-refractivity contribution in [3.63, 3.8) is 0 Å². The highest BCUT2D eigenvalue weighted by molar-refractivity contribution is 5.82. The standard InChI is InChI=1S/C12H24N2O/c1-3-7-11(13)12(15)14-9-6-5-8-10(14)4-2/h10-11H,3-9,13H2,1-2H3/t10?,11-/m0/s1. The number of nitrogens with zero attached hydrogens (tertiary/aromatic N) is 1. The van der Waals surface area contributed by atoms with Gasteiger partial charge in [-0.05, 0) is 32.1 Å². The molecule has 2 atom stereocenters. The van der Waals surface area contributed by atoms with Gasteiger partial charge in [0.15, 0.2) is 0 Å². The number of rotatable bonds is 4. The van der Waals surface area contributed by atoms with Crippen LogP contribution in [0.4, 0.5) is 0 Å². The van der Waals surface area contributed by atoms with Crippen LogP contribution in [0.15, 0.2) is 0 Å². The lowest BCUT2D eigenvalue weighted by molar-refractivity contribution is -0.136. The Bertz CT molecular complexity index is 206. The van der Waals surface area contributed by atoms with Gasteiger partial charge in [0, 0.05) is 12.6 Å². The van der Waals surface area contributed by atoms with E-state index in [0.29, 0.717) is 6.04 Å². The number of carbonyl (C=O) groups excluding carboxylic acids is 1. The number of carbonyl (C=O) groups is 1. The topological polar surface area (TPSA) is 46.3 Å². The predicted octanol–water partition coefficient (Wildman–Crippen LogP) is 1.90. The first-order valence-electron chi connectivity index (χ1n) is 6.26. The molecule has 0 aromatic heterocycles. The molecular weight excluding hydrogens is 188 g/mol. The molecule has 1 heterocycles. The van der Waals surface area contributed by atoms with E-state index in [1.165, 1.54) is 6.42 Å². The maximum Gasteiger partial charge on any atom is 0.239 e. The Hall–Kier alpha value is -0.570. The SMILES string of the molecule is CCC[C@H](N)C(=O)N1CCCCC1CC. The summed E-state index contributed by atoms with van der Waals surface area (Å²) < 4.78 is 0. The van der Waals surface area contributed by atoms with E-state index in [9.17, 15) is 4.79 Å². The largest absolute Gasteiger partial charge is 0.338 e. The fourth-order valence-corrected chi connectivity index (χ4v) is 2.36. The average molecular weight is 212 g/mol. The maximum atomic E-state index is 12.1. The van der Waals surface area contributed by atoms with E-state index in [1.54, 1.807) is 0 Å². The molecule has 1 aliphatic heterocycles. The van der Waals surface area contributed by atoms with Gasteiger partial charge in [0.05, 0.1) is 6.04 Å². The fraction of sp³-hybridized carbons (Fsp3) is 0.917.